The normalized spacial score (nSPS) is 10.2. The third kappa shape index (κ3) is 4.99. The van der Waals surface area contributed by atoms with Crippen LogP contribution in [-0.4, -0.2) is 24.0 Å². The molecule has 0 bridgehead atoms. The topological polar surface area (TPSA) is 54.0 Å². The van der Waals surface area contributed by atoms with E-state index in [2.05, 4.69) is 15.6 Å². The zero-order chi connectivity index (χ0) is 14.2. The number of benzene rings is 1. The van der Waals surface area contributed by atoms with E-state index in [1.807, 2.05) is 18.3 Å². The van der Waals surface area contributed by atoms with Crippen LogP contribution in [0.2, 0.25) is 5.02 Å². The van der Waals surface area contributed by atoms with Crippen LogP contribution in [-0.2, 0) is 11.2 Å². The minimum Gasteiger partial charge on any atom is -0.325 e. The molecule has 0 saturated carbocycles. The molecule has 104 valence electrons. The molecule has 0 aliphatic heterocycles. The lowest BCUT2D eigenvalue weighted by Crippen LogP contribution is -2.29. The molecule has 20 heavy (non-hydrogen) atoms. The number of nitrogens with zero attached hydrogens (tertiary/aromatic N) is 1. The molecular formula is C15H16ClN3O. The second-order valence-electron chi connectivity index (χ2n) is 4.34. The number of hydrogen-bond acceptors (Lipinski definition) is 3. The average molecular weight is 290 g/mol. The van der Waals surface area contributed by atoms with Crippen LogP contribution < -0.4 is 10.6 Å². The molecule has 2 rings (SSSR count). The van der Waals surface area contributed by atoms with E-state index in [-0.39, 0.29) is 12.5 Å². The van der Waals surface area contributed by atoms with Gasteiger partial charge in [0.15, 0.2) is 0 Å². The number of carbonyl (C=O) groups excluding carboxylic acids is 1. The Kier molecular flexibility index (Phi) is 5.53. The molecule has 0 aliphatic rings. The molecule has 1 amide bonds. The van der Waals surface area contributed by atoms with Gasteiger partial charge >= 0.3 is 0 Å². The molecule has 1 heterocycles. The van der Waals surface area contributed by atoms with Gasteiger partial charge in [-0.3, -0.25) is 9.78 Å². The molecule has 2 aromatic rings. The summed E-state index contributed by atoms with van der Waals surface area (Å²) in [5.41, 5.74) is 1.89. The molecule has 0 radical (unpaired) electrons. The van der Waals surface area contributed by atoms with Crippen molar-refractivity contribution < 1.29 is 4.79 Å². The van der Waals surface area contributed by atoms with E-state index in [1.165, 1.54) is 0 Å². The molecule has 0 spiro atoms. The van der Waals surface area contributed by atoms with Crippen molar-refractivity contribution in [3.8, 4) is 0 Å². The molecule has 0 aliphatic carbocycles. The molecule has 5 heteroatoms. The molecule has 0 atom stereocenters. The third-order valence-electron chi connectivity index (χ3n) is 2.73. The number of nitrogens with one attached hydrogen (secondary N) is 2. The quantitative estimate of drug-likeness (QED) is 0.804. The lowest BCUT2D eigenvalue weighted by Gasteiger charge is -2.07. The molecular weight excluding hydrogens is 274 g/mol. The largest absolute Gasteiger partial charge is 0.325 e. The van der Waals surface area contributed by atoms with Crippen molar-refractivity contribution >= 4 is 23.2 Å². The molecule has 2 N–H and O–H groups in total. The maximum absolute atomic E-state index is 11.7. The van der Waals surface area contributed by atoms with Gasteiger partial charge in [0, 0.05) is 23.1 Å². The van der Waals surface area contributed by atoms with Crippen LogP contribution in [0.15, 0.2) is 48.8 Å². The number of amides is 1. The zero-order valence-electron chi connectivity index (χ0n) is 11.0. The molecule has 0 fully saturated rings. The molecule has 0 saturated heterocycles. The Labute approximate surface area is 123 Å². The summed E-state index contributed by atoms with van der Waals surface area (Å²) >= 11 is 5.78. The number of anilines is 1. The van der Waals surface area contributed by atoms with Crippen LogP contribution in [0, 0.1) is 0 Å². The van der Waals surface area contributed by atoms with E-state index >= 15 is 0 Å². The van der Waals surface area contributed by atoms with Crippen LogP contribution in [0.1, 0.15) is 5.56 Å². The van der Waals surface area contributed by atoms with Crippen LogP contribution in [0.3, 0.4) is 0 Å². The number of pyridine rings is 1. The Morgan fingerprint density at radius 2 is 2.00 bits per heavy atom. The first-order valence-corrected chi connectivity index (χ1v) is 6.77. The Balaban J connectivity index is 1.66. The van der Waals surface area contributed by atoms with Gasteiger partial charge in [-0.15, -0.1) is 0 Å². The van der Waals surface area contributed by atoms with E-state index in [0.717, 1.165) is 24.2 Å². The average Bonchev–Trinajstić information content (AvgIpc) is 2.47. The highest BCUT2D eigenvalue weighted by Crippen LogP contribution is 2.12. The number of aromatic nitrogens is 1. The summed E-state index contributed by atoms with van der Waals surface area (Å²) in [6.45, 7) is 1.02. The Hall–Kier alpha value is -1.91. The standard InChI is InChI=1S/C15H16ClN3O/c16-13-3-5-14(6-4-13)19-15(20)11-18-9-7-12-2-1-8-17-10-12/h1-6,8,10,18H,7,9,11H2,(H,19,20). The summed E-state index contributed by atoms with van der Waals surface area (Å²) in [4.78, 5) is 15.7. The summed E-state index contributed by atoms with van der Waals surface area (Å²) < 4.78 is 0. The SMILES string of the molecule is O=C(CNCCc1cccnc1)Nc1ccc(Cl)cc1. The van der Waals surface area contributed by atoms with Gasteiger partial charge in [-0.2, -0.15) is 0 Å². The van der Waals surface area contributed by atoms with Gasteiger partial charge in [-0.05, 0) is 48.9 Å². The maximum Gasteiger partial charge on any atom is 0.238 e. The fourth-order valence-electron chi connectivity index (χ4n) is 1.72. The molecule has 1 aromatic carbocycles. The van der Waals surface area contributed by atoms with Gasteiger partial charge in [0.05, 0.1) is 6.54 Å². The minimum atomic E-state index is -0.0708. The van der Waals surface area contributed by atoms with Crippen molar-refractivity contribution in [3.63, 3.8) is 0 Å². The Morgan fingerprint density at radius 1 is 1.20 bits per heavy atom. The second kappa shape index (κ2) is 7.62. The van der Waals surface area contributed by atoms with Gasteiger partial charge in [0.2, 0.25) is 5.91 Å². The van der Waals surface area contributed by atoms with Crippen molar-refractivity contribution in [3.05, 3.63) is 59.4 Å². The predicted octanol–water partition coefficient (Wildman–Crippen LogP) is 2.51. The lowest BCUT2D eigenvalue weighted by atomic mass is 10.2. The Bertz CT molecular complexity index is 543. The van der Waals surface area contributed by atoms with Gasteiger partial charge < -0.3 is 10.6 Å². The van der Waals surface area contributed by atoms with Crippen LogP contribution in [0.4, 0.5) is 5.69 Å². The van der Waals surface area contributed by atoms with Crippen LogP contribution in [0.5, 0.6) is 0 Å². The van der Waals surface area contributed by atoms with Crippen molar-refractivity contribution in [2.45, 2.75) is 6.42 Å². The fraction of sp³-hybridized carbons (Fsp3) is 0.200. The monoisotopic (exact) mass is 289 g/mol. The summed E-state index contributed by atoms with van der Waals surface area (Å²) in [6, 6.07) is 11.0. The zero-order valence-corrected chi connectivity index (χ0v) is 11.7. The summed E-state index contributed by atoms with van der Waals surface area (Å²) in [5, 5.41) is 6.55. The first-order chi connectivity index (χ1) is 9.74. The molecule has 0 unspecified atom stereocenters. The van der Waals surface area contributed by atoms with Crippen molar-refractivity contribution in [1.82, 2.24) is 10.3 Å². The maximum atomic E-state index is 11.7. The number of carbonyl (C=O) groups is 1. The smallest absolute Gasteiger partial charge is 0.238 e. The minimum absolute atomic E-state index is 0.0708. The number of halogens is 1. The van der Waals surface area contributed by atoms with E-state index in [1.54, 1.807) is 30.5 Å². The summed E-state index contributed by atoms with van der Waals surface area (Å²) in [7, 11) is 0. The molecule has 1 aromatic heterocycles. The van der Waals surface area contributed by atoms with E-state index in [0.29, 0.717) is 5.02 Å². The Morgan fingerprint density at radius 3 is 2.70 bits per heavy atom. The van der Waals surface area contributed by atoms with E-state index in [4.69, 9.17) is 11.6 Å². The highest BCUT2D eigenvalue weighted by molar-refractivity contribution is 6.30. The van der Waals surface area contributed by atoms with Crippen LogP contribution in [0.25, 0.3) is 0 Å². The summed E-state index contributed by atoms with van der Waals surface area (Å²) in [5.74, 6) is -0.0708. The van der Waals surface area contributed by atoms with E-state index < -0.39 is 0 Å². The predicted molar refractivity (Wildman–Crippen MR) is 80.9 cm³/mol. The van der Waals surface area contributed by atoms with Crippen molar-refractivity contribution in [2.75, 3.05) is 18.4 Å². The first kappa shape index (κ1) is 14.5. The third-order valence-corrected chi connectivity index (χ3v) is 2.98. The van der Waals surface area contributed by atoms with Crippen LogP contribution >= 0.6 is 11.6 Å². The van der Waals surface area contributed by atoms with Crippen molar-refractivity contribution in [1.29, 1.82) is 0 Å². The van der Waals surface area contributed by atoms with Gasteiger partial charge in [0.25, 0.3) is 0 Å². The highest BCUT2D eigenvalue weighted by atomic mass is 35.5. The van der Waals surface area contributed by atoms with Gasteiger partial charge in [0.1, 0.15) is 0 Å². The summed E-state index contributed by atoms with van der Waals surface area (Å²) in [6.07, 6.45) is 4.42. The second-order valence-corrected chi connectivity index (χ2v) is 4.78. The molecule has 4 nitrogen and oxygen atoms in total. The van der Waals surface area contributed by atoms with Gasteiger partial charge in [-0.1, -0.05) is 17.7 Å². The fourth-order valence-corrected chi connectivity index (χ4v) is 1.85. The van der Waals surface area contributed by atoms with E-state index in [9.17, 15) is 4.79 Å². The highest BCUT2D eigenvalue weighted by Gasteiger charge is 2.01. The number of rotatable bonds is 6. The first-order valence-electron chi connectivity index (χ1n) is 6.39. The van der Waals surface area contributed by atoms with Gasteiger partial charge in [-0.25, -0.2) is 0 Å². The lowest BCUT2D eigenvalue weighted by molar-refractivity contribution is -0.115. The number of hydrogen-bond donors (Lipinski definition) is 2. The van der Waals surface area contributed by atoms with Crippen molar-refractivity contribution in [2.24, 2.45) is 0 Å².